The van der Waals surface area contributed by atoms with Crippen molar-refractivity contribution < 1.29 is 19.5 Å². The predicted octanol–water partition coefficient (Wildman–Crippen LogP) is 2.36. The minimum absolute atomic E-state index is 0.0614. The molecule has 0 spiro atoms. The van der Waals surface area contributed by atoms with Crippen LogP contribution in [0.15, 0.2) is 30.3 Å². The lowest BCUT2D eigenvalue weighted by molar-refractivity contribution is -0.153. The van der Waals surface area contributed by atoms with Gasteiger partial charge in [0.15, 0.2) is 5.78 Å². The number of benzene rings is 1. The zero-order valence-electron chi connectivity index (χ0n) is 12.7. The number of amides is 1. The number of ketones is 1. The quantitative estimate of drug-likeness (QED) is 0.847. The normalized spacial score (nSPS) is 21.4. The summed E-state index contributed by atoms with van der Waals surface area (Å²) in [6.07, 6.45) is 1.46. The third-order valence-electron chi connectivity index (χ3n) is 4.13. The summed E-state index contributed by atoms with van der Waals surface area (Å²) < 4.78 is 0. The fourth-order valence-electron chi connectivity index (χ4n) is 2.81. The van der Waals surface area contributed by atoms with Gasteiger partial charge in [0.05, 0.1) is 0 Å². The average molecular weight is 303 g/mol. The van der Waals surface area contributed by atoms with Crippen LogP contribution in [0.3, 0.4) is 0 Å². The molecular formula is C17H21NO4. The Labute approximate surface area is 129 Å². The van der Waals surface area contributed by atoms with E-state index in [1.807, 2.05) is 13.0 Å². The maximum Gasteiger partial charge on any atom is 0.326 e. The van der Waals surface area contributed by atoms with Gasteiger partial charge in [-0.15, -0.1) is 0 Å². The summed E-state index contributed by atoms with van der Waals surface area (Å²) in [4.78, 5) is 37.0. The molecule has 1 saturated heterocycles. The molecule has 22 heavy (non-hydrogen) atoms. The van der Waals surface area contributed by atoms with E-state index in [9.17, 15) is 19.5 Å². The molecule has 2 rings (SSSR count). The molecular weight excluding hydrogens is 282 g/mol. The fourth-order valence-corrected chi connectivity index (χ4v) is 2.81. The number of carboxylic acids is 1. The number of carbonyl (C=O) groups is 3. The summed E-state index contributed by atoms with van der Waals surface area (Å²) in [6, 6.07) is 8.06. The van der Waals surface area contributed by atoms with Crippen LogP contribution < -0.4 is 0 Å². The van der Waals surface area contributed by atoms with Gasteiger partial charge in [0.2, 0.25) is 5.91 Å². The molecule has 0 aromatic heterocycles. The highest BCUT2D eigenvalue weighted by Crippen LogP contribution is 2.23. The minimum Gasteiger partial charge on any atom is -0.480 e. The number of aliphatic carboxylic acids is 1. The van der Waals surface area contributed by atoms with Gasteiger partial charge in [0.1, 0.15) is 6.04 Å². The van der Waals surface area contributed by atoms with Crippen LogP contribution in [0.4, 0.5) is 0 Å². The first-order chi connectivity index (χ1) is 10.5. The Morgan fingerprint density at radius 2 is 1.86 bits per heavy atom. The predicted molar refractivity (Wildman–Crippen MR) is 81.5 cm³/mol. The highest BCUT2D eigenvalue weighted by molar-refractivity contribution is 5.98. The van der Waals surface area contributed by atoms with Crippen LogP contribution >= 0.6 is 0 Å². The summed E-state index contributed by atoms with van der Waals surface area (Å²) in [7, 11) is 0. The van der Waals surface area contributed by atoms with Crippen LogP contribution in [-0.4, -0.2) is 40.3 Å². The summed E-state index contributed by atoms with van der Waals surface area (Å²) >= 11 is 0. The number of nitrogens with zero attached hydrogens (tertiary/aromatic N) is 1. The fraction of sp³-hybridized carbons (Fsp3) is 0.471. The van der Waals surface area contributed by atoms with E-state index < -0.39 is 12.0 Å². The number of carbonyl (C=O) groups excluding carboxylic acids is 2. The first kappa shape index (κ1) is 16.2. The van der Waals surface area contributed by atoms with Crippen molar-refractivity contribution in [2.45, 2.75) is 38.6 Å². The Balaban J connectivity index is 1.93. The van der Waals surface area contributed by atoms with Gasteiger partial charge in [0.25, 0.3) is 0 Å². The summed E-state index contributed by atoms with van der Waals surface area (Å²) in [5, 5.41) is 9.27. The van der Waals surface area contributed by atoms with Crippen molar-refractivity contribution in [2.75, 3.05) is 6.54 Å². The second-order valence-electron chi connectivity index (χ2n) is 5.86. The third kappa shape index (κ3) is 3.93. The van der Waals surface area contributed by atoms with Gasteiger partial charge < -0.3 is 10.0 Å². The molecule has 0 radical (unpaired) electrons. The molecule has 5 heteroatoms. The number of Topliss-reactive ketones (excluding diaryl/α,β-unsaturated/α-hetero) is 1. The molecule has 2 unspecified atom stereocenters. The van der Waals surface area contributed by atoms with Crippen LogP contribution in [0.1, 0.15) is 43.0 Å². The summed E-state index contributed by atoms with van der Waals surface area (Å²) in [5.41, 5.74) is 0.581. The zero-order chi connectivity index (χ0) is 16.1. The molecule has 1 amide bonds. The van der Waals surface area contributed by atoms with E-state index in [2.05, 4.69) is 0 Å². The van der Waals surface area contributed by atoms with Crippen molar-refractivity contribution in [2.24, 2.45) is 5.92 Å². The van der Waals surface area contributed by atoms with E-state index >= 15 is 0 Å². The highest BCUT2D eigenvalue weighted by Gasteiger charge is 2.34. The molecule has 1 N–H and O–H groups in total. The summed E-state index contributed by atoms with van der Waals surface area (Å²) in [5.74, 6) is -1.000. The largest absolute Gasteiger partial charge is 0.480 e. The van der Waals surface area contributed by atoms with Crippen LogP contribution in [0.2, 0.25) is 0 Å². The summed E-state index contributed by atoms with van der Waals surface area (Å²) in [6.45, 7) is 2.45. The number of carboxylic acid groups (broad SMARTS) is 1. The minimum atomic E-state index is -0.964. The van der Waals surface area contributed by atoms with E-state index in [-0.39, 0.29) is 24.5 Å². The maximum absolute atomic E-state index is 12.3. The molecule has 1 aliphatic rings. The third-order valence-corrected chi connectivity index (χ3v) is 4.13. The van der Waals surface area contributed by atoms with Crippen LogP contribution in [0.5, 0.6) is 0 Å². The highest BCUT2D eigenvalue weighted by atomic mass is 16.4. The lowest BCUT2D eigenvalue weighted by atomic mass is 9.92. The van der Waals surface area contributed by atoms with Gasteiger partial charge in [-0.2, -0.15) is 0 Å². The standard InChI is InChI=1S/C17H21NO4/c1-12-9-10-18(14(11-12)17(21)22)16(20)8-7-15(19)13-5-3-2-4-6-13/h2-6,12,14H,7-11H2,1H3,(H,21,22). The van der Waals surface area contributed by atoms with Crippen LogP contribution in [0, 0.1) is 5.92 Å². The molecule has 0 saturated carbocycles. The van der Waals surface area contributed by atoms with Crippen molar-refractivity contribution in [3.63, 3.8) is 0 Å². The molecule has 0 aliphatic carbocycles. The molecule has 5 nitrogen and oxygen atoms in total. The van der Waals surface area contributed by atoms with E-state index in [1.165, 1.54) is 4.90 Å². The zero-order valence-corrected chi connectivity index (χ0v) is 12.7. The Bertz CT molecular complexity index is 555. The van der Waals surface area contributed by atoms with E-state index in [0.29, 0.717) is 24.4 Å². The molecule has 0 bridgehead atoms. The van der Waals surface area contributed by atoms with Gasteiger partial charge in [0, 0.05) is 24.9 Å². The number of likely N-dealkylation sites (tertiary alicyclic amines) is 1. The van der Waals surface area contributed by atoms with Crippen molar-refractivity contribution in [3.05, 3.63) is 35.9 Å². The van der Waals surface area contributed by atoms with Crippen molar-refractivity contribution >= 4 is 17.7 Å². The van der Waals surface area contributed by atoms with E-state index in [4.69, 9.17) is 0 Å². The average Bonchev–Trinajstić information content (AvgIpc) is 2.53. The molecule has 1 aromatic carbocycles. The Kier molecular flexibility index (Phi) is 5.31. The number of piperidine rings is 1. The molecule has 1 aliphatic heterocycles. The van der Waals surface area contributed by atoms with Gasteiger partial charge in [-0.1, -0.05) is 37.3 Å². The second-order valence-corrected chi connectivity index (χ2v) is 5.86. The first-order valence-corrected chi connectivity index (χ1v) is 7.59. The molecule has 118 valence electrons. The molecule has 1 fully saturated rings. The smallest absolute Gasteiger partial charge is 0.326 e. The van der Waals surface area contributed by atoms with E-state index in [1.54, 1.807) is 24.3 Å². The maximum atomic E-state index is 12.3. The Morgan fingerprint density at radius 3 is 2.50 bits per heavy atom. The van der Waals surface area contributed by atoms with Crippen molar-refractivity contribution in [1.29, 1.82) is 0 Å². The van der Waals surface area contributed by atoms with Gasteiger partial charge in [-0.3, -0.25) is 9.59 Å². The molecule has 1 heterocycles. The number of hydrogen-bond acceptors (Lipinski definition) is 3. The van der Waals surface area contributed by atoms with E-state index in [0.717, 1.165) is 6.42 Å². The van der Waals surface area contributed by atoms with Crippen molar-refractivity contribution in [1.82, 2.24) is 4.90 Å². The second kappa shape index (κ2) is 7.20. The molecule has 1 aromatic rings. The monoisotopic (exact) mass is 303 g/mol. The van der Waals surface area contributed by atoms with Crippen molar-refractivity contribution in [3.8, 4) is 0 Å². The Morgan fingerprint density at radius 1 is 1.18 bits per heavy atom. The first-order valence-electron chi connectivity index (χ1n) is 7.59. The lowest BCUT2D eigenvalue weighted by Crippen LogP contribution is -2.49. The Hall–Kier alpha value is -2.17. The SMILES string of the molecule is CC1CCN(C(=O)CCC(=O)c2ccccc2)C(C(=O)O)C1. The van der Waals surface area contributed by atoms with Gasteiger partial charge in [-0.25, -0.2) is 4.79 Å². The molecule has 2 atom stereocenters. The van der Waals surface area contributed by atoms with Gasteiger partial charge in [-0.05, 0) is 18.8 Å². The van der Waals surface area contributed by atoms with Crippen LogP contribution in [-0.2, 0) is 9.59 Å². The van der Waals surface area contributed by atoms with Gasteiger partial charge >= 0.3 is 5.97 Å². The lowest BCUT2D eigenvalue weighted by Gasteiger charge is -2.36. The number of rotatable bonds is 5. The number of hydrogen-bond donors (Lipinski definition) is 1. The van der Waals surface area contributed by atoms with Crippen LogP contribution in [0.25, 0.3) is 0 Å². The topological polar surface area (TPSA) is 74.7 Å².